The third kappa shape index (κ3) is 5.79. The molecule has 1 atom stereocenters. The molecule has 2 aromatic carbocycles. The van der Waals surface area contributed by atoms with Crippen LogP contribution in [0.5, 0.6) is 0 Å². The number of rotatable bonds is 9. The van der Waals surface area contributed by atoms with Gasteiger partial charge in [-0.25, -0.2) is 0 Å². The summed E-state index contributed by atoms with van der Waals surface area (Å²) >= 11 is 1.35. The molecule has 0 aliphatic rings. The highest BCUT2D eigenvalue weighted by atomic mass is 32.1. The molecule has 1 heterocycles. The lowest BCUT2D eigenvalue weighted by Gasteiger charge is -2.14. The van der Waals surface area contributed by atoms with Crippen molar-refractivity contribution in [2.24, 2.45) is 5.18 Å². The first-order valence-electron chi connectivity index (χ1n) is 10.8. The van der Waals surface area contributed by atoms with Gasteiger partial charge in [0.05, 0.1) is 5.56 Å². The molecule has 1 aromatic heterocycles. The number of nitroso groups, excluding NO2 is 1. The van der Waals surface area contributed by atoms with Crippen molar-refractivity contribution in [3.05, 3.63) is 74.0 Å². The zero-order valence-electron chi connectivity index (χ0n) is 18.7. The Hall–Kier alpha value is -2.74. The Morgan fingerprint density at radius 3 is 2.42 bits per heavy atom. The van der Waals surface area contributed by atoms with E-state index < -0.39 is 23.8 Å². The van der Waals surface area contributed by atoms with Crippen LogP contribution in [0.3, 0.4) is 0 Å². The molecule has 8 heteroatoms. The molecule has 0 bridgehead atoms. The summed E-state index contributed by atoms with van der Waals surface area (Å²) in [7, 11) is 0. The van der Waals surface area contributed by atoms with E-state index in [0.717, 1.165) is 38.6 Å². The van der Waals surface area contributed by atoms with Crippen LogP contribution in [0.4, 0.5) is 13.2 Å². The van der Waals surface area contributed by atoms with Gasteiger partial charge in [0.1, 0.15) is 6.04 Å². The molecule has 0 aliphatic heterocycles. The minimum absolute atomic E-state index is 0.0372. The lowest BCUT2D eigenvalue weighted by molar-refractivity contribution is -0.138. The standard InChI is InChI=1S/C25H26F3NO3S/c1-14(2)24-19-8-7-18(25(26,27)28)13-22(19)33-21(24)10-9-20(29-32)17-5-4-16(15(3)12-17)6-11-23(30)31/h4-5,7-8,12-14,20H,6,9-11H2,1-3H3,(H,30,31). The Bertz CT molecular complexity index is 1170. The maximum absolute atomic E-state index is 13.1. The van der Waals surface area contributed by atoms with Crippen molar-refractivity contribution in [1.82, 2.24) is 0 Å². The molecule has 1 N–H and O–H groups in total. The maximum Gasteiger partial charge on any atom is 0.416 e. The fourth-order valence-electron chi connectivity index (χ4n) is 4.16. The van der Waals surface area contributed by atoms with Crippen LogP contribution in [-0.4, -0.2) is 11.1 Å². The van der Waals surface area contributed by atoms with Crippen molar-refractivity contribution in [1.29, 1.82) is 0 Å². The molecule has 3 aromatic rings. The number of fused-ring (bicyclic) bond motifs is 1. The molecule has 1 unspecified atom stereocenters. The van der Waals surface area contributed by atoms with Crippen molar-refractivity contribution < 1.29 is 23.1 Å². The van der Waals surface area contributed by atoms with Crippen molar-refractivity contribution in [3.63, 3.8) is 0 Å². The highest BCUT2D eigenvalue weighted by molar-refractivity contribution is 7.19. The first kappa shape index (κ1) is 24.9. The number of carboxylic acids is 1. The third-order valence-electron chi connectivity index (χ3n) is 5.84. The van der Waals surface area contributed by atoms with E-state index in [0.29, 0.717) is 24.0 Å². The number of aryl methyl sites for hydroxylation is 3. The summed E-state index contributed by atoms with van der Waals surface area (Å²) in [5.41, 5.74) is 2.94. The van der Waals surface area contributed by atoms with Gasteiger partial charge < -0.3 is 5.11 Å². The monoisotopic (exact) mass is 477 g/mol. The van der Waals surface area contributed by atoms with E-state index in [9.17, 15) is 22.9 Å². The zero-order valence-corrected chi connectivity index (χ0v) is 19.5. The van der Waals surface area contributed by atoms with Crippen LogP contribution in [0.2, 0.25) is 0 Å². The Labute approximate surface area is 194 Å². The molecule has 4 nitrogen and oxygen atoms in total. The van der Waals surface area contributed by atoms with Crippen LogP contribution in [0, 0.1) is 11.8 Å². The Balaban J connectivity index is 1.84. The number of alkyl halides is 3. The van der Waals surface area contributed by atoms with E-state index >= 15 is 0 Å². The van der Waals surface area contributed by atoms with Gasteiger partial charge in [-0.2, -0.15) is 18.1 Å². The summed E-state index contributed by atoms with van der Waals surface area (Å²) in [6.45, 7) is 5.90. The predicted octanol–water partition coefficient (Wildman–Crippen LogP) is 7.81. The number of thiophene rings is 1. The molecular formula is C25H26F3NO3S. The van der Waals surface area contributed by atoms with Gasteiger partial charge in [0.25, 0.3) is 0 Å². The number of halogens is 3. The number of aliphatic carboxylic acids is 1. The summed E-state index contributed by atoms with van der Waals surface area (Å²) in [6.07, 6.45) is -2.96. The van der Waals surface area contributed by atoms with Gasteiger partial charge in [-0.3, -0.25) is 4.79 Å². The van der Waals surface area contributed by atoms with Crippen molar-refractivity contribution in [2.45, 2.75) is 64.6 Å². The van der Waals surface area contributed by atoms with Crippen LogP contribution in [0.1, 0.15) is 71.3 Å². The van der Waals surface area contributed by atoms with E-state index in [-0.39, 0.29) is 12.3 Å². The van der Waals surface area contributed by atoms with Gasteiger partial charge in [-0.05, 0) is 71.9 Å². The molecule has 0 radical (unpaired) electrons. The van der Waals surface area contributed by atoms with E-state index in [1.54, 1.807) is 12.1 Å². The van der Waals surface area contributed by atoms with Gasteiger partial charge in [-0.15, -0.1) is 11.3 Å². The third-order valence-corrected chi connectivity index (χ3v) is 7.07. The Morgan fingerprint density at radius 2 is 1.85 bits per heavy atom. The van der Waals surface area contributed by atoms with Gasteiger partial charge in [-0.1, -0.05) is 43.3 Å². The Morgan fingerprint density at radius 1 is 1.12 bits per heavy atom. The Kier molecular flexibility index (Phi) is 7.57. The number of carboxylic acid groups (broad SMARTS) is 1. The summed E-state index contributed by atoms with van der Waals surface area (Å²) in [6, 6.07) is 8.78. The molecule has 0 amide bonds. The molecule has 176 valence electrons. The summed E-state index contributed by atoms with van der Waals surface area (Å²) in [4.78, 5) is 23.4. The second-order valence-electron chi connectivity index (χ2n) is 8.54. The number of carbonyl (C=O) groups is 1. The van der Waals surface area contributed by atoms with Gasteiger partial charge in [0, 0.05) is 16.0 Å². The zero-order chi connectivity index (χ0) is 24.3. The average Bonchev–Trinajstić information content (AvgIpc) is 3.10. The van der Waals surface area contributed by atoms with Crippen molar-refractivity contribution >= 4 is 27.4 Å². The van der Waals surface area contributed by atoms with Gasteiger partial charge in [0.15, 0.2) is 0 Å². The number of benzene rings is 2. The highest BCUT2D eigenvalue weighted by Gasteiger charge is 2.31. The van der Waals surface area contributed by atoms with E-state index in [1.807, 2.05) is 32.9 Å². The average molecular weight is 478 g/mol. The molecule has 3 rings (SSSR count). The topological polar surface area (TPSA) is 66.7 Å². The normalized spacial score (nSPS) is 12.9. The summed E-state index contributed by atoms with van der Waals surface area (Å²) in [5.74, 6) is -0.735. The van der Waals surface area contributed by atoms with Gasteiger partial charge >= 0.3 is 12.1 Å². The molecule has 0 aliphatic carbocycles. The molecular weight excluding hydrogens is 451 g/mol. The summed E-state index contributed by atoms with van der Waals surface area (Å²) < 4.78 is 40.0. The van der Waals surface area contributed by atoms with E-state index in [2.05, 4.69) is 5.18 Å². The second kappa shape index (κ2) is 10.0. The number of nitrogens with zero attached hydrogens (tertiary/aromatic N) is 1. The molecule has 0 saturated heterocycles. The first-order valence-corrected chi connectivity index (χ1v) is 11.6. The lowest BCUT2D eigenvalue weighted by atomic mass is 9.93. The quantitative estimate of drug-likeness (QED) is 0.320. The number of hydrogen-bond acceptors (Lipinski definition) is 4. The number of hydrogen-bond donors (Lipinski definition) is 1. The van der Waals surface area contributed by atoms with Crippen molar-refractivity contribution in [3.8, 4) is 0 Å². The SMILES string of the molecule is Cc1cc(C(CCc2sc3cc(C(F)(F)F)ccc3c2C(C)C)N=O)ccc1CCC(=O)O. The van der Waals surface area contributed by atoms with Crippen LogP contribution in [-0.2, 0) is 23.8 Å². The maximum atomic E-state index is 13.1. The smallest absolute Gasteiger partial charge is 0.416 e. The summed E-state index contributed by atoms with van der Waals surface area (Å²) in [5, 5.41) is 13.0. The van der Waals surface area contributed by atoms with E-state index in [1.165, 1.54) is 17.4 Å². The fourth-order valence-corrected chi connectivity index (χ4v) is 5.57. The minimum atomic E-state index is -4.39. The second-order valence-corrected chi connectivity index (χ2v) is 9.68. The van der Waals surface area contributed by atoms with Crippen molar-refractivity contribution in [2.75, 3.05) is 0 Å². The van der Waals surface area contributed by atoms with E-state index in [4.69, 9.17) is 5.11 Å². The highest BCUT2D eigenvalue weighted by Crippen LogP contribution is 2.41. The first-order chi connectivity index (χ1) is 15.5. The van der Waals surface area contributed by atoms with Crippen LogP contribution >= 0.6 is 11.3 Å². The molecule has 0 saturated carbocycles. The minimum Gasteiger partial charge on any atom is -0.481 e. The largest absolute Gasteiger partial charge is 0.481 e. The lowest BCUT2D eigenvalue weighted by Crippen LogP contribution is -2.04. The predicted molar refractivity (Wildman–Crippen MR) is 125 cm³/mol. The fraction of sp³-hybridized carbons (Fsp3) is 0.400. The van der Waals surface area contributed by atoms with Crippen LogP contribution < -0.4 is 0 Å². The van der Waals surface area contributed by atoms with Crippen LogP contribution in [0.15, 0.2) is 41.6 Å². The molecule has 0 spiro atoms. The molecule has 33 heavy (non-hydrogen) atoms. The molecule has 0 fully saturated rings. The van der Waals surface area contributed by atoms with Gasteiger partial charge in [0.2, 0.25) is 0 Å². The van der Waals surface area contributed by atoms with Crippen LogP contribution in [0.25, 0.3) is 10.1 Å².